The lowest BCUT2D eigenvalue weighted by Crippen LogP contribution is -2.34. The van der Waals surface area contributed by atoms with Crippen molar-refractivity contribution < 1.29 is 4.52 Å². The van der Waals surface area contributed by atoms with E-state index in [2.05, 4.69) is 25.9 Å². The molecule has 5 heteroatoms. The van der Waals surface area contributed by atoms with Crippen molar-refractivity contribution in [2.45, 2.75) is 32.3 Å². The highest BCUT2D eigenvalue weighted by atomic mass is 32.9. The Kier molecular flexibility index (Phi) is 6.01. The van der Waals surface area contributed by atoms with Crippen LogP contribution in [0.3, 0.4) is 0 Å². The van der Waals surface area contributed by atoms with Gasteiger partial charge in [0.05, 0.1) is 0 Å². The number of hydrogen-bond acceptors (Lipinski definition) is 4. The second-order valence-electron chi connectivity index (χ2n) is 4.70. The normalized spacial score (nSPS) is 29.5. The molecule has 0 heterocycles. The van der Waals surface area contributed by atoms with Crippen molar-refractivity contribution in [3.8, 4) is 0 Å². The first-order chi connectivity index (χ1) is 7.00. The van der Waals surface area contributed by atoms with Gasteiger partial charge in [-0.15, -0.1) is 0 Å². The molecule has 1 aliphatic carbocycles. The Morgan fingerprint density at radius 3 is 2.60 bits per heavy atom. The maximum Gasteiger partial charge on any atom is 0.201 e. The molecule has 2 nitrogen and oxygen atoms in total. The van der Waals surface area contributed by atoms with Crippen molar-refractivity contribution in [3.63, 3.8) is 0 Å². The van der Waals surface area contributed by atoms with Crippen LogP contribution < -0.4 is 0 Å². The monoisotopic (exact) mass is 265 g/mol. The largest absolute Gasteiger partial charge is 0.441 e. The van der Waals surface area contributed by atoms with E-state index in [1.54, 1.807) is 0 Å². The van der Waals surface area contributed by atoms with E-state index in [4.69, 9.17) is 28.6 Å². The van der Waals surface area contributed by atoms with Gasteiger partial charge in [-0.05, 0) is 32.4 Å². The van der Waals surface area contributed by atoms with Crippen LogP contribution >= 0.6 is 6.13 Å². The van der Waals surface area contributed by atoms with Gasteiger partial charge in [0.25, 0.3) is 0 Å². The molecule has 0 amide bonds. The first-order valence-corrected chi connectivity index (χ1v) is 8.75. The zero-order valence-corrected chi connectivity index (χ0v) is 12.2. The van der Waals surface area contributed by atoms with Gasteiger partial charge in [-0.2, -0.15) is 4.52 Å². The van der Waals surface area contributed by atoms with Gasteiger partial charge >= 0.3 is 0 Å². The molecule has 1 rings (SSSR count). The predicted molar refractivity (Wildman–Crippen MR) is 71.6 cm³/mol. The molecule has 1 saturated carbocycles. The molecule has 15 heavy (non-hydrogen) atoms. The van der Waals surface area contributed by atoms with E-state index in [-0.39, 0.29) is 6.10 Å². The number of likely N-dealkylation sites (N-methyl/N-ethyl adjacent to an activating group) is 1. The predicted octanol–water partition coefficient (Wildman–Crippen LogP) is 2.69. The van der Waals surface area contributed by atoms with Gasteiger partial charge in [-0.3, -0.25) is 0 Å². The van der Waals surface area contributed by atoms with Gasteiger partial charge in [0.2, 0.25) is 6.13 Å². The maximum atomic E-state index is 5.77. The summed E-state index contributed by atoms with van der Waals surface area (Å²) in [7, 11) is 4.15. The summed E-state index contributed by atoms with van der Waals surface area (Å²) in [4.78, 5) is 2.17. The van der Waals surface area contributed by atoms with Gasteiger partial charge in [-0.25, -0.2) is 0 Å². The summed E-state index contributed by atoms with van der Waals surface area (Å²) in [5, 5.41) is 0. The van der Waals surface area contributed by atoms with Crippen LogP contribution in [0.2, 0.25) is 0 Å². The van der Waals surface area contributed by atoms with Crippen molar-refractivity contribution in [1.29, 1.82) is 0 Å². The van der Waals surface area contributed by atoms with Crippen molar-refractivity contribution in [1.82, 2.24) is 4.90 Å². The lowest BCUT2D eigenvalue weighted by atomic mass is 9.92. The third-order valence-corrected chi connectivity index (χ3v) is 4.13. The smallest absolute Gasteiger partial charge is 0.201 e. The minimum atomic E-state index is -1.07. The average molecular weight is 265 g/mol. The summed E-state index contributed by atoms with van der Waals surface area (Å²) in [6.07, 6.45) is 3.10. The van der Waals surface area contributed by atoms with Crippen LogP contribution in [-0.4, -0.2) is 31.6 Å². The third-order valence-electron chi connectivity index (χ3n) is 3.17. The van der Waals surface area contributed by atoms with Crippen LogP contribution in [0, 0.1) is 11.8 Å². The Morgan fingerprint density at radius 2 is 2.20 bits per heavy atom. The summed E-state index contributed by atoms with van der Waals surface area (Å²) in [6.45, 7) is 3.26. The number of nitrogens with zero attached hydrogens (tertiary/aromatic N) is 1. The molecule has 0 bridgehead atoms. The minimum absolute atomic E-state index is 0.249. The Labute approximate surface area is 104 Å². The van der Waals surface area contributed by atoms with Gasteiger partial charge in [-0.1, -0.05) is 19.8 Å². The first kappa shape index (κ1) is 13.9. The van der Waals surface area contributed by atoms with Crippen molar-refractivity contribution in [3.05, 3.63) is 0 Å². The summed E-state index contributed by atoms with van der Waals surface area (Å²) in [6, 6.07) is 0. The maximum absolute atomic E-state index is 5.77. The van der Waals surface area contributed by atoms with Crippen molar-refractivity contribution >= 4 is 30.2 Å². The quantitative estimate of drug-likeness (QED) is 0.559. The molecule has 0 aliphatic heterocycles. The Hall–Kier alpha value is 0.790. The van der Waals surface area contributed by atoms with Gasteiger partial charge in [0.1, 0.15) is 6.10 Å². The van der Waals surface area contributed by atoms with Crippen LogP contribution in [0.4, 0.5) is 0 Å². The van der Waals surface area contributed by atoms with Crippen molar-refractivity contribution in [2.75, 3.05) is 20.6 Å². The average Bonchev–Trinajstić information content (AvgIpc) is 2.48. The molecule has 0 aromatic rings. The summed E-state index contributed by atoms with van der Waals surface area (Å²) in [5.74, 6) is 1.41. The van der Waals surface area contributed by atoms with Crippen LogP contribution in [-0.2, 0) is 28.6 Å². The van der Waals surface area contributed by atoms with Gasteiger partial charge in [0.15, 0.2) is 11.8 Å². The van der Waals surface area contributed by atoms with Gasteiger partial charge in [0, 0.05) is 6.54 Å². The Balaban J connectivity index is 2.57. The molecule has 0 saturated heterocycles. The van der Waals surface area contributed by atoms with Gasteiger partial charge < -0.3 is 17.1 Å². The molecule has 0 spiro atoms. The lowest BCUT2D eigenvalue weighted by Gasteiger charge is -2.26. The SMILES string of the molecule is C[C@H]1CCC[C@H]1C(CN(C)C)O[P+](=S)[S-]. The van der Waals surface area contributed by atoms with Crippen LogP contribution in [0.25, 0.3) is 0 Å². The van der Waals surface area contributed by atoms with Crippen LogP contribution in [0.5, 0.6) is 0 Å². The Bertz CT molecular complexity index is 225. The molecule has 0 N–H and O–H groups in total. The fraction of sp³-hybridized carbons (Fsp3) is 1.00. The van der Waals surface area contributed by atoms with E-state index in [1.165, 1.54) is 19.3 Å². The highest BCUT2D eigenvalue weighted by Gasteiger charge is 2.34. The standard InChI is InChI=1S/C10H20NOPS2/c1-8-5-4-6-9(8)10(7-11(2)3)12-13(14)15/h8-10H,4-7H2,1-3H3/t8-,9+,10?/m0/s1. The summed E-state index contributed by atoms with van der Waals surface area (Å²) < 4.78 is 5.77. The lowest BCUT2D eigenvalue weighted by molar-refractivity contribution is 0.104. The molecule has 0 radical (unpaired) electrons. The Morgan fingerprint density at radius 1 is 1.53 bits per heavy atom. The number of rotatable bonds is 5. The third kappa shape index (κ3) is 4.66. The van der Waals surface area contributed by atoms with E-state index < -0.39 is 6.13 Å². The van der Waals surface area contributed by atoms with Crippen LogP contribution in [0.1, 0.15) is 26.2 Å². The molecule has 0 aromatic carbocycles. The van der Waals surface area contributed by atoms with E-state index in [0.29, 0.717) is 5.92 Å². The zero-order chi connectivity index (χ0) is 11.4. The molecular formula is C10H20NOPS2. The van der Waals surface area contributed by atoms with Crippen LogP contribution in [0.15, 0.2) is 0 Å². The molecule has 1 aliphatic rings. The fourth-order valence-electron chi connectivity index (χ4n) is 2.44. The molecule has 88 valence electrons. The summed E-state index contributed by atoms with van der Waals surface area (Å²) >= 11 is 10.0. The first-order valence-electron chi connectivity index (χ1n) is 5.46. The topological polar surface area (TPSA) is 12.5 Å². The molecule has 2 unspecified atom stereocenters. The molecular weight excluding hydrogens is 245 g/mol. The van der Waals surface area contributed by atoms with E-state index in [0.717, 1.165) is 12.5 Å². The summed E-state index contributed by atoms with van der Waals surface area (Å²) in [5.41, 5.74) is 0. The van der Waals surface area contributed by atoms with E-state index in [9.17, 15) is 0 Å². The highest BCUT2D eigenvalue weighted by Crippen LogP contribution is 2.38. The fourth-order valence-corrected chi connectivity index (χ4v) is 3.55. The number of hydrogen-bond donors (Lipinski definition) is 0. The second-order valence-corrected chi connectivity index (χ2v) is 8.04. The van der Waals surface area contributed by atoms with E-state index in [1.807, 2.05) is 0 Å². The van der Waals surface area contributed by atoms with Crippen molar-refractivity contribution in [2.24, 2.45) is 11.8 Å². The second kappa shape index (κ2) is 6.51. The minimum Gasteiger partial charge on any atom is -0.441 e. The molecule has 1 fully saturated rings. The zero-order valence-electron chi connectivity index (χ0n) is 9.68. The molecule has 0 aromatic heterocycles. The molecule has 4 atom stereocenters. The van der Waals surface area contributed by atoms with E-state index >= 15 is 0 Å². The highest BCUT2D eigenvalue weighted by molar-refractivity contribution is 8.45.